The van der Waals surface area contributed by atoms with Crippen LogP contribution >= 0.6 is 23.4 Å². The smallest absolute Gasteiger partial charge is 0.307 e. The standard InChI is InChI=1S/C22H19ClN2O2S/c23-15-5-9-17(10-6-15)28-20-12-25(16-7-8-16)24-21(20)14-3-1-13(2-4-14)18-11-19(18)22(26)27/h1-6,9-10,12,16,18-19H,7-8,11H2,(H,26,27). The molecule has 0 saturated heterocycles. The third-order valence-corrected chi connectivity index (χ3v) is 6.66. The predicted molar refractivity (Wildman–Crippen MR) is 110 cm³/mol. The van der Waals surface area contributed by atoms with Crippen LogP contribution in [0.3, 0.4) is 0 Å². The number of halogens is 1. The van der Waals surface area contributed by atoms with E-state index in [0.717, 1.165) is 38.1 Å². The summed E-state index contributed by atoms with van der Waals surface area (Å²) in [7, 11) is 0. The molecule has 1 N–H and O–H groups in total. The summed E-state index contributed by atoms with van der Waals surface area (Å²) in [5, 5.41) is 14.7. The second-order valence-electron chi connectivity index (χ2n) is 7.52. The van der Waals surface area contributed by atoms with E-state index in [1.54, 1.807) is 11.8 Å². The van der Waals surface area contributed by atoms with Crippen LogP contribution in [0.2, 0.25) is 5.02 Å². The zero-order valence-electron chi connectivity index (χ0n) is 15.1. The maximum absolute atomic E-state index is 11.1. The van der Waals surface area contributed by atoms with E-state index in [9.17, 15) is 4.79 Å². The Labute approximate surface area is 172 Å². The van der Waals surface area contributed by atoms with Crippen LogP contribution < -0.4 is 0 Å². The normalized spacial score (nSPS) is 20.9. The van der Waals surface area contributed by atoms with E-state index in [-0.39, 0.29) is 11.8 Å². The van der Waals surface area contributed by atoms with Crippen molar-refractivity contribution in [3.05, 3.63) is 65.3 Å². The molecule has 6 heteroatoms. The number of carboxylic acids is 1. The number of benzene rings is 2. The number of carbonyl (C=O) groups is 1. The van der Waals surface area contributed by atoms with Gasteiger partial charge in [-0.2, -0.15) is 5.10 Å². The maximum atomic E-state index is 11.1. The van der Waals surface area contributed by atoms with Gasteiger partial charge < -0.3 is 5.11 Å². The quantitative estimate of drug-likeness (QED) is 0.551. The van der Waals surface area contributed by atoms with Crippen molar-refractivity contribution in [3.8, 4) is 11.3 Å². The van der Waals surface area contributed by atoms with Crippen LogP contribution in [0.5, 0.6) is 0 Å². The highest BCUT2D eigenvalue weighted by Gasteiger charge is 2.44. The monoisotopic (exact) mass is 410 g/mol. The van der Waals surface area contributed by atoms with Crippen molar-refractivity contribution >= 4 is 29.3 Å². The highest BCUT2D eigenvalue weighted by atomic mass is 35.5. The summed E-state index contributed by atoms with van der Waals surface area (Å²) in [5.74, 6) is -0.770. The van der Waals surface area contributed by atoms with Crippen molar-refractivity contribution in [2.45, 2.75) is 41.0 Å². The molecule has 2 fully saturated rings. The van der Waals surface area contributed by atoms with Gasteiger partial charge in [0, 0.05) is 21.7 Å². The van der Waals surface area contributed by atoms with Gasteiger partial charge in [-0.15, -0.1) is 0 Å². The van der Waals surface area contributed by atoms with Crippen molar-refractivity contribution in [1.29, 1.82) is 0 Å². The van der Waals surface area contributed by atoms with E-state index in [0.29, 0.717) is 6.04 Å². The van der Waals surface area contributed by atoms with E-state index in [4.69, 9.17) is 21.8 Å². The molecule has 0 radical (unpaired) electrons. The molecule has 2 aromatic carbocycles. The minimum Gasteiger partial charge on any atom is -0.481 e. The van der Waals surface area contributed by atoms with Gasteiger partial charge in [0.25, 0.3) is 0 Å². The van der Waals surface area contributed by atoms with Gasteiger partial charge in [0.1, 0.15) is 5.69 Å². The van der Waals surface area contributed by atoms with E-state index in [1.165, 1.54) is 12.8 Å². The average molecular weight is 411 g/mol. The van der Waals surface area contributed by atoms with E-state index >= 15 is 0 Å². The predicted octanol–water partition coefficient (Wildman–Crippen LogP) is 5.88. The van der Waals surface area contributed by atoms with Crippen LogP contribution in [0, 0.1) is 5.92 Å². The first kappa shape index (κ1) is 17.8. The Bertz CT molecular complexity index is 1030. The second-order valence-corrected chi connectivity index (χ2v) is 9.07. The summed E-state index contributed by atoms with van der Waals surface area (Å²) >= 11 is 7.70. The largest absolute Gasteiger partial charge is 0.481 e. The minimum absolute atomic E-state index is 0.151. The SMILES string of the molecule is O=C(O)C1CC1c1ccc(-c2nn(C3CC3)cc2Sc2ccc(Cl)cc2)cc1. The molecule has 28 heavy (non-hydrogen) atoms. The molecule has 4 nitrogen and oxygen atoms in total. The topological polar surface area (TPSA) is 55.1 Å². The molecule has 2 saturated carbocycles. The molecule has 5 rings (SSSR count). The van der Waals surface area contributed by atoms with Gasteiger partial charge in [-0.05, 0) is 55.0 Å². The van der Waals surface area contributed by atoms with E-state index < -0.39 is 5.97 Å². The first-order valence-electron chi connectivity index (χ1n) is 9.44. The summed E-state index contributed by atoms with van der Waals surface area (Å²) in [6.07, 6.45) is 5.25. The Morgan fingerprint density at radius 3 is 2.43 bits per heavy atom. The molecule has 2 unspecified atom stereocenters. The van der Waals surface area contributed by atoms with Crippen LogP contribution in [0.25, 0.3) is 11.3 Å². The van der Waals surface area contributed by atoms with Crippen LogP contribution in [-0.2, 0) is 4.79 Å². The third kappa shape index (κ3) is 3.56. The Hall–Kier alpha value is -2.24. The van der Waals surface area contributed by atoms with Gasteiger partial charge in [-0.3, -0.25) is 9.48 Å². The lowest BCUT2D eigenvalue weighted by atomic mass is 10.1. The Morgan fingerprint density at radius 1 is 1.11 bits per heavy atom. The molecule has 0 spiro atoms. The maximum Gasteiger partial charge on any atom is 0.307 e. The van der Waals surface area contributed by atoms with Crippen LogP contribution in [0.1, 0.15) is 36.8 Å². The molecule has 0 aliphatic heterocycles. The molecular formula is C22H19ClN2O2S. The lowest BCUT2D eigenvalue weighted by Crippen LogP contribution is -1.98. The van der Waals surface area contributed by atoms with Crippen LogP contribution in [0.15, 0.2) is 64.5 Å². The summed E-state index contributed by atoms with van der Waals surface area (Å²) in [6.45, 7) is 0. The number of aromatic nitrogens is 2. The lowest BCUT2D eigenvalue weighted by Gasteiger charge is -2.05. The van der Waals surface area contributed by atoms with Crippen molar-refractivity contribution < 1.29 is 9.90 Å². The molecule has 0 amide bonds. The Morgan fingerprint density at radius 2 is 1.82 bits per heavy atom. The number of hydrogen-bond acceptors (Lipinski definition) is 3. The minimum atomic E-state index is -0.695. The molecule has 2 atom stereocenters. The first-order valence-corrected chi connectivity index (χ1v) is 10.6. The van der Waals surface area contributed by atoms with Gasteiger partial charge >= 0.3 is 5.97 Å². The second kappa shape index (κ2) is 6.98. The average Bonchev–Trinajstić information content (AvgIpc) is 3.61. The summed E-state index contributed by atoms with van der Waals surface area (Å²) in [5.41, 5.74) is 3.14. The molecular weight excluding hydrogens is 392 g/mol. The van der Waals surface area contributed by atoms with Gasteiger partial charge in [0.05, 0.1) is 16.9 Å². The number of rotatable bonds is 6. The summed E-state index contributed by atoms with van der Waals surface area (Å²) < 4.78 is 2.09. The third-order valence-electron chi connectivity index (χ3n) is 5.38. The number of aliphatic carboxylic acids is 1. The van der Waals surface area contributed by atoms with Gasteiger partial charge in [-0.1, -0.05) is 47.6 Å². The van der Waals surface area contributed by atoms with E-state index in [1.807, 2.05) is 24.3 Å². The molecule has 2 aliphatic carbocycles. The first-order chi connectivity index (χ1) is 13.6. The Kier molecular flexibility index (Phi) is 4.44. The van der Waals surface area contributed by atoms with Gasteiger partial charge in [0.2, 0.25) is 0 Å². The molecule has 1 heterocycles. The molecule has 2 aliphatic rings. The zero-order chi connectivity index (χ0) is 19.3. The van der Waals surface area contributed by atoms with Gasteiger partial charge in [0.15, 0.2) is 0 Å². The lowest BCUT2D eigenvalue weighted by molar-refractivity contribution is -0.138. The number of nitrogens with zero attached hydrogens (tertiary/aromatic N) is 2. The fourth-order valence-corrected chi connectivity index (χ4v) is 4.60. The highest BCUT2D eigenvalue weighted by molar-refractivity contribution is 7.99. The van der Waals surface area contributed by atoms with Crippen molar-refractivity contribution in [3.63, 3.8) is 0 Å². The summed E-state index contributed by atoms with van der Waals surface area (Å²) in [6, 6.07) is 16.6. The van der Waals surface area contributed by atoms with E-state index in [2.05, 4.69) is 35.1 Å². The molecule has 142 valence electrons. The molecule has 3 aromatic rings. The van der Waals surface area contributed by atoms with Crippen molar-refractivity contribution in [2.75, 3.05) is 0 Å². The summed E-state index contributed by atoms with van der Waals surface area (Å²) in [4.78, 5) is 13.4. The fourth-order valence-electron chi connectivity index (χ4n) is 3.53. The molecule has 1 aromatic heterocycles. The van der Waals surface area contributed by atoms with Crippen molar-refractivity contribution in [2.24, 2.45) is 5.92 Å². The zero-order valence-corrected chi connectivity index (χ0v) is 16.7. The number of hydrogen-bond donors (Lipinski definition) is 1. The van der Waals surface area contributed by atoms with Crippen molar-refractivity contribution in [1.82, 2.24) is 9.78 Å². The van der Waals surface area contributed by atoms with Crippen LogP contribution in [-0.4, -0.2) is 20.9 Å². The van der Waals surface area contributed by atoms with Crippen LogP contribution in [0.4, 0.5) is 0 Å². The fraction of sp³-hybridized carbons (Fsp3) is 0.273. The van der Waals surface area contributed by atoms with Gasteiger partial charge in [-0.25, -0.2) is 0 Å². The highest BCUT2D eigenvalue weighted by Crippen LogP contribution is 2.48. The number of carboxylic acid groups (broad SMARTS) is 1. The Balaban J connectivity index is 1.43. The molecule has 0 bridgehead atoms.